The first-order valence-corrected chi connectivity index (χ1v) is 8.65. The zero-order valence-corrected chi connectivity index (χ0v) is 15.4. The normalized spacial score (nSPS) is 16.8. The second-order valence-electron chi connectivity index (χ2n) is 6.29. The van der Waals surface area contributed by atoms with Crippen molar-refractivity contribution in [1.82, 2.24) is 14.9 Å². The maximum Gasteiger partial charge on any atom is 0.421 e. The summed E-state index contributed by atoms with van der Waals surface area (Å²) in [6.07, 6.45) is -1.20. The number of nitrogens with zero attached hydrogens (tertiary/aromatic N) is 3. The Hall–Kier alpha value is -3.04. The Labute approximate surface area is 159 Å². The highest BCUT2D eigenvalue weighted by molar-refractivity contribution is 5.65. The van der Waals surface area contributed by atoms with Crippen molar-refractivity contribution >= 4 is 23.9 Å². The lowest BCUT2D eigenvalue weighted by Crippen LogP contribution is -2.21. The number of likely N-dealkylation sites (tertiary alicyclic amines) is 1. The van der Waals surface area contributed by atoms with Crippen LogP contribution >= 0.6 is 0 Å². The van der Waals surface area contributed by atoms with Crippen molar-refractivity contribution in [3.05, 3.63) is 35.5 Å². The van der Waals surface area contributed by atoms with Gasteiger partial charge in [0.15, 0.2) is 0 Å². The molecule has 10 heteroatoms. The first kappa shape index (κ1) is 19.7. The topological polar surface area (TPSA) is 79.4 Å². The number of hydrogen-bond acceptors (Lipinski definition) is 6. The van der Waals surface area contributed by atoms with Crippen LogP contribution in [-0.4, -0.2) is 42.0 Å². The van der Waals surface area contributed by atoms with Crippen LogP contribution in [0.1, 0.15) is 30.0 Å². The van der Waals surface area contributed by atoms with Gasteiger partial charge in [0.05, 0.1) is 18.8 Å². The van der Waals surface area contributed by atoms with Crippen LogP contribution in [0, 0.1) is 0 Å². The van der Waals surface area contributed by atoms with E-state index in [0.29, 0.717) is 18.0 Å². The Balaban J connectivity index is 1.87. The van der Waals surface area contributed by atoms with Gasteiger partial charge in [-0.1, -0.05) is 6.07 Å². The molecule has 1 unspecified atom stereocenters. The summed E-state index contributed by atoms with van der Waals surface area (Å²) in [5, 5.41) is 5.32. The van der Waals surface area contributed by atoms with Gasteiger partial charge in [-0.15, -0.1) is 0 Å². The van der Waals surface area contributed by atoms with Crippen LogP contribution in [0.4, 0.5) is 30.6 Å². The molecular weight excluding hydrogens is 375 g/mol. The number of methoxy groups -OCH3 is 1. The minimum atomic E-state index is -4.55. The van der Waals surface area contributed by atoms with Crippen LogP contribution in [0.25, 0.3) is 0 Å². The number of alkyl halides is 3. The highest BCUT2D eigenvalue weighted by Gasteiger charge is 2.35. The number of hydrogen-bond donors (Lipinski definition) is 2. The second-order valence-corrected chi connectivity index (χ2v) is 6.29. The zero-order valence-electron chi connectivity index (χ0n) is 15.4. The van der Waals surface area contributed by atoms with Gasteiger partial charge in [-0.2, -0.15) is 18.2 Å². The minimum Gasteiger partial charge on any atom is -0.495 e. The Morgan fingerprint density at radius 3 is 2.79 bits per heavy atom. The third-order valence-electron chi connectivity index (χ3n) is 4.62. The van der Waals surface area contributed by atoms with Gasteiger partial charge < -0.3 is 20.3 Å². The van der Waals surface area contributed by atoms with Crippen molar-refractivity contribution in [3.8, 4) is 5.75 Å². The molecule has 1 aromatic carbocycles. The number of nitrogens with one attached hydrogen (secondary N) is 2. The van der Waals surface area contributed by atoms with Gasteiger partial charge in [0.2, 0.25) is 12.4 Å². The summed E-state index contributed by atoms with van der Waals surface area (Å²) in [5.74, 6) is 0.150. The molecule has 1 atom stereocenters. The molecule has 0 spiro atoms. The summed E-state index contributed by atoms with van der Waals surface area (Å²) >= 11 is 0. The number of carbonyl (C=O) groups excluding carboxylic acids is 1. The molecule has 2 heterocycles. The number of anilines is 3. The zero-order chi connectivity index (χ0) is 20.3. The highest BCUT2D eigenvalue weighted by atomic mass is 19.4. The summed E-state index contributed by atoms with van der Waals surface area (Å²) in [7, 11) is 2.85. The molecule has 1 amide bonds. The lowest BCUT2D eigenvalue weighted by atomic mass is 10.0. The molecule has 150 valence electrons. The van der Waals surface area contributed by atoms with E-state index in [1.165, 1.54) is 14.2 Å². The average Bonchev–Trinajstić information content (AvgIpc) is 3.16. The third kappa shape index (κ3) is 3.95. The van der Waals surface area contributed by atoms with Gasteiger partial charge in [-0.05, 0) is 30.5 Å². The van der Waals surface area contributed by atoms with Gasteiger partial charge in [0.1, 0.15) is 17.1 Å². The SMILES string of the molecule is CNc1nc(Nc2ccc(C3CCCN3C=O)cc2OC)ncc1C(F)(F)F. The van der Waals surface area contributed by atoms with E-state index in [-0.39, 0.29) is 17.8 Å². The summed E-state index contributed by atoms with van der Waals surface area (Å²) in [5.41, 5.74) is 0.484. The number of aromatic nitrogens is 2. The molecule has 1 aliphatic rings. The lowest BCUT2D eigenvalue weighted by Gasteiger charge is -2.21. The molecule has 7 nitrogen and oxygen atoms in total. The number of ether oxygens (including phenoxy) is 1. The Bertz CT molecular complexity index is 860. The largest absolute Gasteiger partial charge is 0.495 e. The molecule has 1 fully saturated rings. The van der Waals surface area contributed by atoms with Crippen molar-refractivity contribution in [2.75, 3.05) is 31.3 Å². The predicted octanol–water partition coefficient (Wildman–Crippen LogP) is 3.58. The summed E-state index contributed by atoms with van der Waals surface area (Å²) in [6.45, 7) is 0.711. The lowest BCUT2D eigenvalue weighted by molar-refractivity contribution is -0.137. The molecule has 0 radical (unpaired) electrons. The number of carbonyl (C=O) groups is 1. The van der Waals surface area contributed by atoms with Gasteiger partial charge in [-0.3, -0.25) is 4.79 Å². The fourth-order valence-electron chi connectivity index (χ4n) is 3.25. The summed E-state index contributed by atoms with van der Waals surface area (Å²) in [6, 6.07) is 5.37. The molecule has 0 saturated carbocycles. The van der Waals surface area contributed by atoms with E-state index in [0.717, 1.165) is 31.0 Å². The molecule has 2 N–H and O–H groups in total. The van der Waals surface area contributed by atoms with Gasteiger partial charge >= 0.3 is 6.18 Å². The van der Waals surface area contributed by atoms with E-state index < -0.39 is 11.7 Å². The fourth-order valence-corrected chi connectivity index (χ4v) is 3.25. The Morgan fingerprint density at radius 1 is 1.36 bits per heavy atom. The molecule has 1 aromatic heterocycles. The van der Waals surface area contributed by atoms with E-state index in [4.69, 9.17) is 4.74 Å². The van der Waals surface area contributed by atoms with Crippen LogP contribution in [0.3, 0.4) is 0 Å². The van der Waals surface area contributed by atoms with Crippen LogP contribution in [-0.2, 0) is 11.0 Å². The Kier molecular flexibility index (Phi) is 5.57. The summed E-state index contributed by atoms with van der Waals surface area (Å²) < 4.78 is 44.3. The predicted molar refractivity (Wildman–Crippen MR) is 97.6 cm³/mol. The van der Waals surface area contributed by atoms with Crippen LogP contribution in [0.2, 0.25) is 0 Å². The van der Waals surface area contributed by atoms with Crippen LogP contribution in [0.15, 0.2) is 24.4 Å². The quantitative estimate of drug-likeness (QED) is 0.728. The van der Waals surface area contributed by atoms with Crippen molar-refractivity contribution < 1.29 is 22.7 Å². The highest BCUT2D eigenvalue weighted by Crippen LogP contribution is 2.37. The first-order chi connectivity index (χ1) is 13.4. The van der Waals surface area contributed by atoms with Gasteiger partial charge in [-0.25, -0.2) is 4.98 Å². The maximum absolute atomic E-state index is 13.0. The van der Waals surface area contributed by atoms with E-state index in [1.54, 1.807) is 17.0 Å². The van der Waals surface area contributed by atoms with Gasteiger partial charge in [0, 0.05) is 19.8 Å². The minimum absolute atomic E-state index is 0.00113. The number of amides is 1. The molecule has 0 aliphatic carbocycles. The fraction of sp³-hybridized carbons (Fsp3) is 0.389. The molecular formula is C18H20F3N5O2. The van der Waals surface area contributed by atoms with E-state index in [9.17, 15) is 18.0 Å². The number of halogens is 3. The van der Waals surface area contributed by atoms with E-state index in [2.05, 4.69) is 20.6 Å². The standard InChI is InChI=1S/C18H20F3N5O2/c1-22-16-12(18(19,20)21)9-23-17(25-16)24-13-6-5-11(8-15(13)28-2)14-4-3-7-26(14)10-27/h5-6,8-10,14H,3-4,7H2,1-2H3,(H2,22,23,24,25). The first-order valence-electron chi connectivity index (χ1n) is 8.65. The van der Waals surface area contributed by atoms with E-state index >= 15 is 0 Å². The molecule has 0 bridgehead atoms. The van der Waals surface area contributed by atoms with Crippen LogP contribution < -0.4 is 15.4 Å². The number of benzene rings is 1. The second kappa shape index (κ2) is 7.91. The third-order valence-corrected chi connectivity index (χ3v) is 4.62. The summed E-state index contributed by atoms with van der Waals surface area (Å²) in [4.78, 5) is 20.6. The molecule has 2 aromatic rings. The van der Waals surface area contributed by atoms with Crippen LogP contribution in [0.5, 0.6) is 5.75 Å². The molecule has 1 saturated heterocycles. The Morgan fingerprint density at radius 2 is 2.14 bits per heavy atom. The monoisotopic (exact) mass is 395 g/mol. The van der Waals surface area contributed by atoms with E-state index in [1.807, 2.05) is 6.07 Å². The van der Waals surface area contributed by atoms with Crippen molar-refractivity contribution in [1.29, 1.82) is 0 Å². The molecule has 3 rings (SSSR count). The maximum atomic E-state index is 13.0. The molecule has 1 aliphatic heterocycles. The number of rotatable bonds is 6. The van der Waals surface area contributed by atoms with Crippen molar-refractivity contribution in [2.24, 2.45) is 0 Å². The molecule has 28 heavy (non-hydrogen) atoms. The smallest absolute Gasteiger partial charge is 0.421 e. The van der Waals surface area contributed by atoms with Crippen molar-refractivity contribution in [2.45, 2.75) is 25.1 Å². The van der Waals surface area contributed by atoms with Crippen molar-refractivity contribution in [3.63, 3.8) is 0 Å². The van der Waals surface area contributed by atoms with Gasteiger partial charge in [0.25, 0.3) is 0 Å². The average molecular weight is 395 g/mol.